The van der Waals surface area contributed by atoms with Gasteiger partial charge in [-0.05, 0) is 49.9 Å². The van der Waals surface area contributed by atoms with E-state index >= 15 is 0 Å². The lowest BCUT2D eigenvalue weighted by Gasteiger charge is -2.08. The van der Waals surface area contributed by atoms with Gasteiger partial charge in [0.1, 0.15) is 0 Å². The minimum absolute atomic E-state index is 0.117. The highest BCUT2D eigenvalue weighted by molar-refractivity contribution is 9.10. The quantitative estimate of drug-likeness (QED) is 0.917. The molecule has 5 heteroatoms. The van der Waals surface area contributed by atoms with Crippen molar-refractivity contribution in [1.82, 2.24) is 9.78 Å². The molecule has 20 heavy (non-hydrogen) atoms. The predicted octanol–water partition coefficient (Wildman–Crippen LogP) is 3.23. The van der Waals surface area contributed by atoms with E-state index in [1.54, 1.807) is 0 Å². The molecule has 0 aliphatic heterocycles. The Kier molecular flexibility index (Phi) is 3.38. The van der Waals surface area contributed by atoms with Crippen LogP contribution in [-0.2, 0) is 19.9 Å². The fraction of sp³-hybridized carbons (Fsp3) is 0.333. The Labute approximate surface area is 126 Å². The van der Waals surface area contributed by atoms with Gasteiger partial charge in [0, 0.05) is 28.5 Å². The van der Waals surface area contributed by atoms with Gasteiger partial charge in [0.25, 0.3) is 5.91 Å². The highest BCUT2D eigenvalue weighted by Crippen LogP contribution is 2.26. The topological polar surface area (TPSA) is 46.9 Å². The van der Waals surface area contributed by atoms with Gasteiger partial charge in [-0.1, -0.05) is 15.9 Å². The zero-order valence-electron chi connectivity index (χ0n) is 11.5. The van der Waals surface area contributed by atoms with Crippen LogP contribution >= 0.6 is 15.9 Å². The van der Waals surface area contributed by atoms with Crippen LogP contribution in [0.3, 0.4) is 0 Å². The van der Waals surface area contributed by atoms with Gasteiger partial charge in [-0.3, -0.25) is 9.48 Å². The third kappa shape index (κ3) is 2.26. The highest BCUT2D eigenvalue weighted by Gasteiger charge is 2.25. The number of hydrogen-bond acceptors (Lipinski definition) is 2. The van der Waals surface area contributed by atoms with E-state index in [0.717, 1.165) is 40.5 Å². The van der Waals surface area contributed by atoms with E-state index < -0.39 is 0 Å². The summed E-state index contributed by atoms with van der Waals surface area (Å²) in [5, 5.41) is 7.33. The van der Waals surface area contributed by atoms with Crippen LogP contribution in [0.4, 0.5) is 5.69 Å². The van der Waals surface area contributed by atoms with E-state index in [-0.39, 0.29) is 5.91 Å². The van der Waals surface area contributed by atoms with Gasteiger partial charge in [-0.25, -0.2) is 0 Å². The molecule has 0 saturated carbocycles. The Balaban J connectivity index is 1.89. The van der Waals surface area contributed by atoms with Crippen LogP contribution in [0.1, 0.15) is 33.7 Å². The second kappa shape index (κ2) is 5.05. The molecule has 0 saturated heterocycles. The standard InChI is InChI=1S/C15H16BrN3O/c1-9-8-10(16)6-7-12(9)17-15(20)14-11-4-3-5-13(11)19(2)18-14/h6-8H,3-5H2,1-2H3,(H,17,20). The van der Waals surface area contributed by atoms with E-state index in [1.807, 2.05) is 36.9 Å². The van der Waals surface area contributed by atoms with Crippen LogP contribution in [0, 0.1) is 6.92 Å². The lowest BCUT2D eigenvalue weighted by Crippen LogP contribution is -2.15. The molecule has 104 valence electrons. The molecule has 0 atom stereocenters. The Hall–Kier alpha value is -1.62. The fourth-order valence-electron chi connectivity index (χ4n) is 2.74. The summed E-state index contributed by atoms with van der Waals surface area (Å²) >= 11 is 3.42. The average molecular weight is 334 g/mol. The predicted molar refractivity (Wildman–Crippen MR) is 82.1 cm³/mol. The SMILES string of the molecule is Cc1cc(Br)ccc1NC(=O)c1nn(C)c2c1CCC2. The first-order valence-corrected chi connectivity index (χ1v) is 7.48. The lowest BCUT2D eigenvalue weighted by atomic mass is 10.1. The number of carbonyl (C=O) groups excluding carboxylic acids is 1. The zero-order valence-corrected chi connectivity index (χ0v) is 13.1. The maximum absolute atomic E-state index is 12.4. The molecule has 0 spiro atoms. The molecular weight excluding hydrogens is 318 g/mol. The Bertz CT molecular complexity index is 691. The largest absolute Gasteiger partial charge is 0.320 e. The molecule has 1 heterocycles. The summed E-state index contributed by atoms with van der Waals surface area (Å²) in [6.45, 7) is 1.98. The molecule has 0 radical (unpaired) electrons. The number of halogens is 1. The molecule has 0 unspecified atom stereocenters. The lowest BCUT2D eigenvalue weighted by molar-refractivity contribution is 0.102. The maximum atomic E-state index is 12.4. The van der Waals surface area contributed by atoms with Crippen molar-refractivity contribution in [2.45, 2.75) is 26.2 Å². The van der Waals surface area contributed by atoms with Gasteiger partial charge in [-0.15, -0.1) is 0 Å². The molecule has 0 bridgehead atoms. The number of aryl methyl sites for hydroxylation is 2. The first kappa shape index (κ1) is 13.4. The first-order chi connectivity index (χ1) is 9.56. The number of fused-ring (bicyclic) bond motifs is 1. The van der Waals surface area contributed by atoms with E-state index in [1.165, 1.54) is 5.69 Å². The van der Waals surface area contributed by atoms with Gasteiger partial charge < -0.3 is 5.32 Å². The second-order valence-corrected chi connectivity index (χ2v) is 6.08. The Morgan fingerprint density at radius 1 is 1.40 bits per heavy atom. The summed E-state index contributed by atoms with van der Waals surface area (Å²) in [6.07, 6.45) is 3.08. The van der Waals surface area contributed by atoms with E-state index in [0.29, 0.717) is 5.69 Å². The minimum Gasteiger partial charge on any atom is -0.320 e. The number of nitrogens with one attached hydrogen (secondary N) is 1. The third-order valence-electron chi connectivity index (χ3n) is 3.77. The summed E-state index contributed by atoms with van der Waals surface area (Å²) in [4.78, 5) is 12.4. The van der Waals surface area contributed by atoms with Gasteiger partial charge in [0.05, 0.1) is 0 Å². The van der Waals surface area contributed by atoms with E-state index in [9.17, 15) is 4.79 Å². The van der Waals surface area contributed by atoms with Gasteiger partial charge >= 0.3 is 0 Å². The van der Waals surface area contributed by atoms with Gasteiger partial charge in [0.2, 0.25) is 0 Å². The monoisotopic (exact) mass is 333 g/mol. The van der Waals surface area contributed by atoms with Crippen LogP contribution < -0.4 is 5.32 Å². The van der Waals surface area contributed by atoms with Crippen molar-refractivity contribution in [3.05, 3.63) is 45.2 Å². The first-order valence-electron chi connectivity index (χ1n) is 6.68. The Morgan fingerprint density at radius 3 is 2.95 bits per heavy atom. The van der Waals surface area contributed by atoms with Gasteiger partial charge in [-0.2, -0.15) is 5.10 Å². The average Bonchev–Trinajstić information content (AvgIpc) is 2.97. The number of amides is 1. The van der Waals surface area contributed by atoms with E-state index in [2.05, 4.69) is 26.3 Å². The van der Waals surface area contributed by atoms with Crippen LogP contribution in [0.25, 0.3) is 0 Å². The van der Waals surface area contributed by atoms with Crippen LogP contribution in [-0.4, -0.2) is 15.7 Å². The summed E-state index contributed by atoms with van der Waals surface area (Å²) in [5.74, 6) is -0.117. The summed E-state index contributed by atoms with van der Waals surface area (Å²) in [7, 11) is 1.91. The number of nitrogens with zero attached hydrogens (tertiary/aromatic N) is 2. The molecule has 2 aromatic rings. The summed E-state index contributed by atoms with van der Waals surface area (Å²) in [6, 6.07) is 5.81. The maximum Gasteiger partial charge on any atom is 0.276 e. The van der Waals surface area contributed by atoms with Crippen molar-refractivity contribution in [3.63, 3.8) is 0 Å². The third-order valence-corrected chi connectivity index (χ3v) is 4.26. The molecule has 4 nitrogen and oxygen atoms in total. The number of benzene rings is 1. The Morgan fingerprint density at radius 2 is 2.20 bits per heavy atom. The molecular formula is C15H16BrN3O. The highest BCUT2D eigenvalue weighted by atomic mass is 79.9. The van der Waals surface area contributed by atoms with E-state index in [4.69, 9.17) is 0 Å². The zero-order chi connectivity index (χ0) is 14.3. The van der Waals surface area contributed by atoms with Crippen molar-refractivity contribution in [1.29, 1.82) is 0 Å². The molecule has 1 aromatic carbocycles. The molecule has 1 aromatic heterocycles. The fourth-order valence-corrected chi connectivity index (χ4v) is 3.22. The smallest absolute Gasteiger partial charge is 0.276 e. The molecule has 3 rings (SSSR count). The normalized spacial score (nSPS) is 13.3. The van der Waals surface area contributed by atoms with Crippen molar-refractivity contribution in [2.75, 3.05) is 5.32 Å². The molecule has 1 aliphatic rings. The van der Waals surface area contributed by atoms with Crippen LogP contribution in [0.2, 0.25) is 0 Å². The number of hydrogen-bond donors (Lipinski definition) is 1. The van der Waals surface area contributed by atoms with Crippen molar-refractivity contribution >= 4 is 27.5 Å². The molecule has 1 amide bonds. The van der Waals surface area contributed by atoms with Crippen LogP contribution in [0.5, 0.6) is 0 Å². The van der Waals surface area contributed by atoms with Crippen molar-refractivity contribution in [3.8, 4) is 0 Å². The molecule has 1 aliphatic carbocycles. The number of aromatic nitrogens is 2. The minimum atomic E-state index is -0.117. The summed E-state index contributed by atoms with van der Waals surface area (Å²) in [5.41, 5.74) is 4.74. The van der Waals surface area contributed by atoms with Gasteiger partial charge in [0.15, 0.2) is 5.69 Å². The number of carbonyl (C=O) groups is 1. The number of rotatable bonds is 2. The molecule has 1 N–H and O–H groups in total. The van der Waals surface area contributed by atoms with Crippen molar-refractivity contribution < 1.29 is 4.79 Å². The summed E-state index contributed by atoms with van der Waals surface area (Å²) < 4.78 is 2.85. The van der Waals surface area contributed by atoms with Crippen LogP contribution in [0.15, 0.2) is 22.7 Å². The number of anilines is 1. The second-order valence-electron chi connectivity index (χ2n) is 5.16. The molecule has 0 fully saturated rings. The van der Waals surface area contributed by atoms with Crippen molar-refractivity contribution in [2.24, 2.45) is 7.05 Å².